The van der Waals surface area contributed by atoms with Crippen LogP contribution < -0.4 is 0 Å². The van der Waals surface area contributed by atoms with Crippen LogP contribution in [0.1, 0.15) is 60.3 Å². The van der Waals surface area contributed by atoms with E-state index < -0.39 is 6.29 Å². The summed E-state index contributed by atoms with van der Waals surface area (Å²) in [5, 5.41) is 0. The Labute approximate surface area is 179 Å². The summed E-state index contributed by atoms with van der Waals surface area (Å²) in [7, 11) is 0. The molecule has 1 unspecified atom stereocenters. The highest BCUT2D eigenvalue weighted by Crippen LogP contribution is 2.44. The van der Waals surface area contributed by atoms with Crippen LogP contribution in [-0.2, 0) is 28.5 Å². The Morgan fingerprint density at radius 1 is 1.27 bits per heavy atom. The largest absolute Gasteiger partial charge is 0.458 e. The van der Waals surface area contributed by atoms with E-state index in [1.54, 1.807) is 0 Å². The number of hydrogen-bond acceptors (Lipinski definition) is 6. The number of carbonyl (C=O) groups is 2. The molecular formula is C24H34O6. The first-order valence-electron chi connectivity index (χ1n) is 10.7. The fraction of sp³-hybridized carbons (Fsp3) is 0.667. The first-order chi connectivity index (χ1) is 14.1. The van der Waals surface area contributed by atoms with E-state index in [9.17, 15) is 9.59 Å². The molecule has 0 bridgehead atoms. The van der Waals surface area contributed by atoms with E-state index in [1.165, 1.54) is 25.0 Å². The summed E-state index contributed by atoms with van der Waals surface area (Å²) in [6.45, 7) is 13.8. The molecule has 0 aromatic rings. The van der Waals surface area contributed by atoms with Gasteiger partial charge in [0, 0.05) is 26.2 Å². The molecule has 0 aromatic heterocycles. The second-order valence-corrected chi connectivity index (χ2v) is 9.21. The van der Waals surface area contributed by atoms with Gasteiger partial charge in [-0.1, -0.05) is 23.8 Å². The summed E-state index contributed by atoms with van der Waals surface area (Å²) >= 11 is 0. The molecule has 166 valence electrons. The molecule has 0 spiro atoms. The zero-order valence-electron chi connectivity index (χ0n) is 18.7. The van der Waals surface area contributed by atoms with Gasteiger partial charge in [0.25, 0.3) is 0 Å². The Morgan fingerprint density at radius 3 is 2.53 bits per heavy atom. The maximum atomic E-state index is 11.7. The van der Waals surface area contributed by atoms with Crippen molar-refractivity contribution in [3.63, 3.8) is 0 Å². The molecule has 0 saturated carbocycles. The van der Waals surface area contributed by atoms with Gasteiger partial charge in [0.05, 0.1) is 18.3 Å². The highest BCUT2D eigenvalue weighted by molar-refractivity contribution is 5.66. The van der Waals surface area contributed by atoms with Crippen molar-refractivity contribution in [3.8, 4) is 0 Å². The van der Waals surface area contributed by atoms with Gasteiger partial charge >= 0.3 is 11.9 Å². The van der Waals surface area contributed by atoms with Crippen molar-refractivity contribution in [3.05, 3.63) is 35.5 Å². The topological polar surface area (TPSA) is 74.4 Å². The number of fused-ring (bicyclic) bond motifs is 1. The maximum absolute atomic E-state index is 11.7. The van der Waals surface area contributed by atoms with E-state index in [4.69, 9.17) is 18.9 Å². The molecule has 2 saturated heterocycles. The molecule has 0 amide bonds. The molecule has 6 heteroatoms. The summed E-state index contributed by atoms with van der Waals surface area (Å²) in [5.41, 5.74) is 3.19. The van der Waals surface area contributed by atoms with Gasteiger partial charge in [0.1, 0.15) is 6.10 Å². The number of rotatable bonds is 4. The van der Waals surface area contributed by atoms with Gasteiger partial charge in [-0.25, -0.2) is 0 Å². The molecule has 2 heterocycles. The van der Waals surface area contributed by atoms with Gasteiger partial charge in [-0.05, 0) is 57.6 Å². The van der Waals surface area contributed by atoms with Crippen LogP contribution in [-0.4, -0.2) is 42.6 Å². The Bertz CT molecular complexity index is 762. The second kappa shape index (κ2) is 9.06. The Morgan fingerprint density at radius 2 is 1.93 bits per heavy atom. The third-order valence-corrected chi connectivity index (χ3v) is 6.23. The van der Waals surface area contributed by atoms with Crippen LogP contribution in [0.5, 0.6) is 0 Å². The molecule has 1 aliphatic carbocycles. The number of ether oxygens (including phenoxy) is 4. The number of hydrogen-bond donors (Lipinski definition) is 0. The number of allylic oxidation sites excluding steroid dienone is 1. The van der Waals surface area contributed by atoms with E-state index in [0.717, 1.165) is 24.8 Å². The molecule has 5 atom stereocenters. The average molecular weight is 419 g/mol. The standard InChI is InChI=1S/C24H34O6/c1-14-7-9-20-18(8-10-21-24(5,6)30-21)13-27-23(29-17(4)26)22(20)15(2)12-19(11-14)28-16(3)25/h8,11,19-23H,2,7,9-10,12-13H2,1,3-6H3/b14-11+,18-8-/t19-,20+,21?,22-,23+/m0/s1. The van der Waals surface area contributed by atoms with E-state index in [-0.39, 0.29) is 41.6 Å². The van der Waals surface area contributed by atoms with Crippen LogP contribution in [0.15, 0.2) is 35.5 Å². The molecular weight excluding hydrogens is 384 g/mol. The monoisotopic (exact) mass is 418 g/mol. The zero-order valence-corrected chi connectivity index (χ0v) is 18.7. The fourth-order valence-electron chi connectivity index (χ4n) is 4.58. The third kappa shape index (κ3) is 5.61. The lowest BCUT2D eigenvalue weighted by Gasteiger charge is -2.40. The Kier molecular flexibility index (Phi) is 6.88. The molecule has 6 nitrogen and oxygen atoms in total. The van der Waals surface area contributed by atoms with Crippen LogP contribution in [0.3, 0.4) is 0 Å². The number of epoxide rings is 1. The molecule has 3 aliphatic rings. The minimum atomic E-state index is -0.679. The lowest BCUT2D eigenvalue weighted by Crippen LogP contribution is -2.42. The van der Waals surface area contributed by atoms with Crippen LogP contribution in [0, 0.1) is 11.8 Å². The first-order valence-corrected chi connectivity index (χ1v) is 10.7. The molecule has 0 aromatic carbocycles. The Hall–Kier alpha value is -1.92. The summed E-state index contributed by atoms with van der Waals surface area (Å²) in [5.74, 6) is -0.731. The number of carbonyl (C=O) groups excluding carboxylic acids is 2. The van der Waals surface area contributed by atoms with E-state index in [1.807, 2.05) is 6.08 Å². The fourth-order valence-corrected chi connectivity index (χ4v) is 4.58. The van der Waals surface area contributed by atoms with Gasteiger partial charge in [0.15, 0.2) is 0 Å². The molecule has 3 rings (SSSR count). The van der Waals surface area contributed by atoms with Crippen LogP contribution >= 0.6 is 0 Å². The first kappa shape index (κ1) is 22.8. The SMILES string of the molecule is C=C1C[C@@H](OC(C)=O)/C=C(\C)CC[C@@H]2/C(=C\CC3OC3(C)C)CO[C@H](OC(C)=O)[C@@H]12. The quantitative estimate of drug-likeness (QED) is 0.386. The van der Waals surface area contributed by atoms with Gasteiger partial charge in [-0.3, -0.25) is 9.59 Å². The second-order valence-electron chi connectivity index (χ2n) is 9.21. The number of esters is 2. The van der Waals surface area contributed by atoms with Crippen molar-refractivity contribution in [2.24, 2.45) is 11.8 Å². The van der Waals surface area contributed by atoms with Crippen LogP contribution in [0.4, 0.5) is 0 Å². The lowest BCUT2D eigenvalue weighted by atomic mass is 9.75. The highest BCUT2D eigenvalue weighted by atomic mass is 16.7. The van der Waals surface area contributed by atoms with Gasteiger partial charge in [0.2, 0.25) is 6.29 Å². The van der Waals surface area contributed by atoms with E-state index in [2.05, 4.69) is 33.4 Å². The maximum Gasteiger partial charge on any atom is 0.304 e. The van der Waals surface area contributed by atoms with E-state index >= 15 is 0 Å². The van der Waals surface area contributed by atoms with Gasteiger partial charge in [-0.2, -0.15) is 0 Å². The highest BCUT2D eigenvalue weighted by Gasteiger charge is 2.47. The predicted octanol–water partition coefficient (Wildman–Crippen LogP) is 4.25. The molecule has 30 heavy (non-hydrogen) atoms. The zero-order chi connectivity index (χ0) is 22.1. The Balaban J connectivity index is 1.87. The summed E-state index contributed by atoms with van der Waals surface area (Å²) in [4.78, 5) is 23.3. The van der Waals surface area contributed by atoms with Crippen LogP contribution in [0.25, 0.3) is 0 Å². The van der Waals surface area contributed by atoms with Crippen molar-refractivity contribution in [2.45, 2.75) is 84.4 Å². The molecule has 2 aliphatic heterocycles. The smallest absolute Gasteiger partial charge is 0.304 e. The third-order valence-electron chi connectivity index (χ3n) is 6.23. The van der Waals surface area contributed by atoms with Crippen molar-refractivity contribution in [1.82, 2.24) is 0 Å². The van der Waals surface area contributed by atoms with Crippen molar-refractivity contribution < 1.29 is 28.5 Å². The minimum Gasteiger partial charge on any atom is -0.458 e. The summed E-state index contributed by atoms with van der Waals surface area (Å²) in [6.07, 6.45) is 6.48. The predicted molar refractivity (Wildman–Crippen MR) is 112 cm³/mol. The van der Waals surface area contributed by atoms with Crippen molar-refractivity contribution in [1.29, 1.82) is 0 Å². The molecule has 2 fully saturated rings. The molecule has 0 N–H and O–H groups in total. The van der Waals surface area contributed by atoms with E-state index in [0.29, 0.717) is 13.0 Å². The normalized spacial score (nSPS) is 36.4. The summed E-state index contributed by atoms with van der Waals surface area (Å²) in [6, 6.07) is 0. The molecule has 0 radical (unpaired) electrons. The van der Waals surface area contributed by atoms with Crippen molar-refractivity contribution >= 4 is 11.9 Å². The minimum absolute atomic E-state index is 0.0646. The van der Waals surface area contributed by atoms with Crippen molar-refractivity contribution in [2.75, 3.05) is 6.61 Å². The lowest BCUT2D eigenvalue weighted by molar-refractivity contribution is -0.196. The van der Waals surface area contributed by atoms with Gasteiger partial charge < -0.3 is 18.9 Å². The van der Waals surface area contributed by atoms with Gasteiger partial charge in [-0.15, -0.1) is 0 Å². The van der Waals surface area contributed by atoms with Crippen LogP contribution in [0.2, 0.25) is 0 Å². The summed E-state index contributed by atoms with van der Waals surface area (Å²) < 4.78 is 22.8. The average Bonchev–Trinajstić information content (AvgIpc) is 3.22.